The fourth-order valence-electron chi connectivity index (χ4n) is 1.77. The largest absolute Gasteiger partial charge is 0.304 e. The van der Waals surface area contributed by atoms with Crippen molar-refractivity contribution in [3.63, 3.8) is 0 Å². The number of fused-ring (bicyclic) bond motifs is 1. The first-order chi connectivity index (χ1) is 7.56. The minimum Gasteiger partial charge on any atom is -0.304 e. The molecule has 1 N–H and O–H groups in total. The molecule has 84 valence electrons. The molecule has 0 fully saturated rings. The summed E-state index contributed by atoms with van der Waals surface area (Å²) in [5, 5.41) is 9.26. The van der Waals surface area contributed by atoms with Gasteiger partial charge in [-0.25, -0.2) is 0 Å². The smallest absolute Gasteiger partial charge is 0.0526 e. The van der Waals surface area contributed by atoms with Crippen LogP contribution < -0.4 is 0 Å². The van der Waals surface area contributed by atoms with Gasteiger partial charge in [0, 0.05) is 16.1 Å². The summed E-state index contributed by atoms with van der Waals surface area (Å²) < 4.78 is 1.30. The van der Waals surface area contributed by atoms with Crippen LogP contribution in [-0.2, 0) is 0 Å². The lowest BCUT2D eigenvalue weighted by atomic mass is 10.1. The summed E-state index contributed by atoms with van der Waals surface area (Å²) in [4.78, 5) is 3.34. The minimum atomic E-state index is 0.677. The van der Waals surface area contributed by atoms with Crippen molar-refractivity contribution in [1.29, 1.82) is 5.41 Å². The van der Waals surface area contributed by atoms with Crippen molar-refractivity contribution in [2.45, 2.75) is 6.92 Å². The first kappa shape index (κ1) is 11.3. The molecule has 0 aliphatic heterocycles. The van der Waals surface area contributed by atoms with E-state index < -0.39 is 0 Å². The van der Waals surface area contributed by atoms with Crippen LogP contribution in [0.1, 0.15) is 10.4 Å². The zero-order valence-electron chi connectivity index (χ0n) is 9.87. The van der Waals surface area contributed by atoms with E-state index in [4.69, 9.17) is 5.41 Å². The lowest BCUT2D eigenvalue weighted by Crippen LogP contribution is -2.21. The summed E-state index contributed by atoms with van der Waals surface area (Å²) in [6, 6.07) is 8.47. The van der Waals surface area contributed by atoms with E-state index in [2.05, 4.69) is 25.1 Å². The molecule has 1 heterocycles. The van der Waals surface area contributed by atoms with Gasteiger partial charge in [-0.2, -0.15) is 0 Å². The van der Waals surface area contributed by atoms with Gasteiger partial charge in [0.1, 0.15) is 0 Å². The summed E-state index contributed by atoms with van der Waals surface area (Å²) in [5.74, 6) is 0. The second kappa shape index (κ2) is 4.36. The van der Waals surface area contributed by atoms with E-state index in [1.807, 2.05) is 25.1 Å². The van der Waals surface area contributed by atoms with E-state index in [0.29, 0.717) is 12.3 Å². The maximum atomic E-state index is 8.00. The second-order valence-corrected chi connectivity index (χ2v) is 5.61. The summed E-state index contributed by atoms with van der Waals surface area (Å²) in [5.41, 5.74) is 1.70. The molecule has 2 aromatic rings. The van der Waals surface area contributed by atoms with Gasteiger partial charge in [0.15, 0.2) is 0 Å². The maximum Gasteiger partial charge on any atom is 0.0526 e. The Morgan fingerprint density at radius 1 is 1.31 bits per heavy atom. The van der Waals surface area contributed by atoms with Gasteiger partial charge in [-0.1, -0.05) is 6.07 Å². The minimum absolute atomic E-state index is 0.677. The number of benzene rings is 1. The van der Waals surface area contributed by atoms with Gasteiger partial charge >= 0.3 is 0 Å². The Labute approximate surface area is 100 Å². The summed E-state index contributed by atoms with van der Waals surface area (Å²) >= 11 is 1.81. The number of hydrogen-bond acceptors (Lipinski definition) is 3. The van der Waals surface area contributed by atoms with Crippen molar-refractivity contribution < 1.29 is 0 Å². The zero-order valence-corrected chi connectivity index (χ0v) is 10.7. The highest BCUT2D eigenvalue weighted by molar-refractivity contribution is 7.19. The van der Waals surface area contributed by atoms with Crippen LogP contribution >= 0.6 is 11.3 Å². The Balaban J connectivity index is 2.35. The predicted octanol–water partition coefficient (Wildman–Crippen LogP) is 3.14. The molecule has 0 spiro atoms. The van der Waals surface area contributed by atoms with Gasteiger partial charge < -0.3 is 10.3 Å². The monoisotopic (exact) mass is 232 g/mol. The van der Waals surface area contributed by atoms with Gasteiger partial charge in [0.05, 0.1) is 5.71 Å². The van der Waals surface area contributed by atoms with Gasteiger partial charge in [0.2, 0.25) is 0 Å². The van der Waals surface area contributed by atoms with Crippen molar-refractivity contribution in [3.05, 3.63) is 34.7 Å². The highest BCUT2D eigenvalue weighted by atomic mass is 32.1. The number of aryl methyl sites for hydroxylation is 1. The quantitative estimate of drug-likeness (QED) is 0.809. The zero-order chi connectivity index (χ0) is 11.7. The normalized spacial score (nSPS) is 11.2. The van der Waals surface area contributed by atoms with Crippen LogP contribution in [0.2, 0.25) is 0 Å². The molecule has 16 heavy (non-hydrogen) atoms. The third kappa shape index (κ3) is 2.31. The SMILES string of the molecule is Cc1cc2cc(C(=N)CN(C)C)ccc2s1. The molecule has 0 saturated heterocycles. The standard InChI is InChI=1S/C13H16N2S/c1-9-6-11-7-10(4-5-13(11)16-9)12(14)8-15(2)3/h4-7,14H,8H2,1-3H3. The number of nitrogens with zero attached hydrogens (tertiary/aromatic N) is 1. The van der Waals surface area contributed by atoms with Gasteiger partial charge in [-0.3, -0.25) is 0 Å². The summed E-state index contributed by atoms with van der Waals surface area (Å²) in [6.45, 7) is 2.81. The van der Waals surface area contributed by atoms with Crippen LogP contribution in [0.3, 0.4) is 0 Å². The highest BCUT2D eigenvalue weighted by Crippen LogP contribution is 2.25. The molecule has 0 amide bonds. The molecule has 2 rings (SSSR count). The Bertz CT molecular complexity index is 526. The molecular weight excluding hydrogens is 216 g/mol. The molecule has 0 atom stereocenters. The molecule has 0 aliphatic rings. The fourth-order valence-corrected chi connectivity index (χ4v) is 2.68. The maximum absolute atomic E-state index is 8.00. The molecule has 2 nitrogen and oxygen atoms in total. The Morgan fingerprint density at radius 2 is 2.06 bits per heavy atom. The van der Waals surface area contributed by atoms with Gasteiger partial charge in [-0.15, -0.1) is 11.3 Å². The molecule has 0 aliphatic carbocycles. The lowest BCUT2D eigenvalue weighted by Gasteiger charge is -2.10. The molecule has 0 saturated carbocycles. The summed E-state index contributed by atoms with van der Waals surface area (Å²) in [7, 11) is 3.98. The van der Waals surface area contributed by atoms with Crippen LogP contribution in [0.25, 0.3) is 10.1 Å². The Kier molecular flexibility index (Phi) is 3.08. The van der Waals surface area contributed by atoms with Crippen molar-refractivity contribution >= 4 is 27.1 Å². The topological polar surface area (TPSA) is 27.1 Å². The van der Waals surface area contributed by atoms with Crippen LogP contribution in [0.15, 0.2) is 24.3 Å². The van der Waals surface area contributed by atoms with Crippen LogP contribution in [-0.4, -0.2) is 31.3 Å². The van der Waals surface area contributed by atoms with Crippen LogP contribution in [0, 0.1) is 12.3 Å². The molecule has 0 radical (unpaired) electrons. The number of likely N-dealkylation sites (N-methyl/N-ethyl adjacent to an activating group) is 1. The van der Waals surface area contributed by atoms with Gasteiger partial charge in [0.25, 0.3) is 0 Å². The predicted molar refractivity (Wildman–Crippen MR) is 71.9 cm³/mol. The number of thiophene rings is 1. The number of rotatable bonds is 3. The first-order valence-electron chi connectivity index (χ1n) is 5.29. The Morgan fingerprint density at radius 3 is 2.75 bits per heavy atom. The lowest BCUT2D eigenvalue weighted by molar-refractivity contribution is 0.469. The van der Waals surface area contributed by atoms with Crippen molar-refractivity contribution in [2.24, 2.45) is 0 Å². The average Bonchev–Trinajstić information content (AvgIpc) is 2.55. The number of hydrogen-bond donors (Lipinski definition) is 1. The van der Waals surface area contributed by atoms with E-state index in [1.54, 1.807) is 11.3 Å². The second-order valence-electron chi connectivity index (χ2n) is 4.33. The Hall–Kier alpha value is -1.19. The molecule has 0 unspecified atom stereocenters. The molecular formula is C13H16N2S. The molecule has 1 aromatic heterocycles. The van der Waals surface area contributed by atoms with E-state index in [9.17, 15) is 0 Å². The van der Waals surface area contributed by atoms with E-state index in [-0.39, 0.29) is 0 Å². The third-order valence-electron chi connectivity index (χ3n) is 2.46. The summed E-state index contributed by atoms with van der Waals surface area (Å²) in [6.07, 6.45) is 0. The van der Waals surface area contributed by atoms with Crippen molar-refractivity contribution in [2.75, 3.05) is 20.6 Å². The highest BCUT2D eigenvalue weighted by Gasteiger charge is 2.05. The van der Waals surface area contributed by atoms with E-state index in [0.717, 1.165) is 5.56 Å². The van der Waals surface area contributed by atoms with Crippen LogP contribution in [0.5, 0.6) is 0 Å². The third-order valence-corrected chi connectivity index (χ3v) is 3.49. The van der Waals surface area contributed by atoms with Crippen LogP contribution in [0.4, 0.5) is 0 Å². The average molecular weight is 232 g/mol. The first-order valence-corrected chi connectivity index (χ1v) is 6.10. The number of nitrogens with one attached hydrogen (secondary N) is 1. The molecule has 1 aromatic carbocycles. The molecule has 3 heteroatoms. The fraction of sp³-hybridized carbons (Fsp3) is 0.308. The van der Waals surface area contributed by atoms with Gasteiger partial charge in [-0.05, 0) is 50.2 Å². The molecule has 0 bridgehead atoms. The van der Waals surface area contributed by atoms with E-state index >= 15 is 0 Å². The van der Waals surface area contributed by atoms with Crippen molar-refractivity contribution in [3.8, 4) is 0 Å². The van der Waals surface area contributed by atoms with E-state index in [1.165, 1.54) is 15.0 Å². The van der Waals surface area contributed by atoms with Crippen molar-refractivity contribution in [1.82, 2.24) is 4.90 Å².